The summed E-state index contributed by atoms with van der Waals surface area (Å²) in [5.74, 6) is -1.04. The highest BCUT2D eigenvalue weighted by Crippen LogP contribution is 2.26. The summed E-state index contributed by atoms with van der Waals surface area (Å²) in [6.07, 6.45) is 0.719. The number of hydrogen-bond acceptors (Lipinski definition) is 4. The molecule has 0 fully saturated rings. The zero-order valence-electron chi connectivity index (χ0n) is 18.5. The number of aryl methyl sites for hydroxylation is 1. The summed E-state index contributed by atoms with van der Waals surface area (Å²) < 4.78 is 5.21. The topological polar surface area (TPSA) is 108 Å². The number of alkyl carbamates (subject to hydrolysis) is 1. The van der Waals surface area contributed by atoms with Crippen molar-refractivity contribution in [2.24, 2.45) is 0 Å². The van der Waals surface area contributed by atoms with E-state index in [2.05, 4.69) is 10.3 Å². The fourth-order valence-electron chi connectivity index (χ4n) is 3.53. The lowest BCUT2D eigenvalue weighted by molar-refractivity contribution is 0.0526. The van der Waals surface area contributed by atoms with E-state index in [9.17, 15) is 19.5 Å². The lowest BCUT2D eigenvalue weighted by atomic mass is 9.99. The van der Waals surface area contributed by atoms with E-state index in [0.29, 0.717) is 36.0 Å². The molecule has 0 aliphatic carbocycles. The summed E-state index contributed by atoms with van der Waals surface area (Å²) in [4.78, 5) is 39.1. The Kier molecular flexibility index (Phi) is 6.98. The molecule has 32 heavy (non-hydrogen) atoms. The Balaban J connectivity index is 1.74. The summed E-state index contributed by atoms with van der Waals surface area (Å²) in [7, 11) is 0. The molecule has 3 aromatic rings. The third kappa shape index (κ3) is 5.97. The highest BCUT2D eigenvalue weighted by molar-refractivity contribution is 6.00. The number of carbonyl (C=O) groups excluding carboxylic acids is 2. The van der Waals surface area contributed by atoms with Crippen LogP contribution in [-0.2, 0) is 17.6 Å². The molecule has 7 nitrogen and oxygen atoms in total. The van der Waals surface area contributed by atoms with Crippen LogP contribution >= 0.6 is 0 Å². The van der Waals surface area contributed by atoms with Gasteiger partial charge in [0.1, 0.15) is 11.3 Å². The van der Waals surface area contributed by atoms with Gasteiger partial charge >= 0.3 is 12.1 Å². The third-order valence-corrected chi connectivity index (χ3v) is 4.92. The van der Waals surface area contributed by atoms with Crippen molar-refractivity contribution in [3.8, 4) is 0 Å². The number of aromatic nitrogens is 1. The van der Waals surface area contributed by atoms with Gasteiger partial charge in [-0.1, -0.05) is 36.4 Å². The lowest BCUT2D eigenvalue weighted by Gasteiger charge is -2.19. The number of amides is 1. The number of nitrogens with one attached hydrogen (secondary N) is 2. The van der Waals surface area contributed by atoms with Crippen LogP contribution in [0.4, 0.5) is 4.79 Å². The minimum atomic E-state index is -1.04. The van der Waals surface area contributed by atoms with Gasteiger partial charge in [-0.3, -0.25) is 4.79 Å². The molecule has 0 aliphatic rings. The first-order chi connectivity index (χ1) is 15.1. The number of hydrogen-bond donors (Lipinski definition) is 3. The molecule has 3 rings (SSSR count). The molecular formula is C25H28N2O5. The smallest absolute Gasteiger partial charge is 0.407 e. The Morgan fingerprint density at radius 3 is 2.44 bits per heavy atom. The van der Waals surface area contributed by atoms with Crippen molar-refractivity contribution in [3.63, 3.8) is 0 Å². The normalized spacial score (nSPS) is 11.3. The summed E-state index contributed by atoms with van der Waals surface area (Å²) in [6.45, 7) is 5.72. The minimum Gasteiger partial charge on any atom is -0.477 e. The number of aromatic carboxylic acids is 1. The van der Waals surface area contributed by atoms with E-state index in [1.165, 1.54) is 0 Å². The van der Waals surface area contributed by atoms with Crippen LogP contribution in [0.25, 0.3) is 10.9 Å². The average molecular weight is 437 g/mol. The fraction of sp³-hybridized carbons (Fsp3) is 0.320. The number of H-pyrrole nitrogens is 1. The number of fused-ring (bicyclic) bond motifs is 1. The van der Waals surface area contributed by atoms with E-state index in [4.69, 9.17) is 4.74 Å². The van der Waals surface area contributed by atoms with Crippen molar-refractivity contribution in [1.82, 2.24) is 10.3 Å². The Morgan fingerprint density at radius 1 is 1.06 bits per heavy atom. The zero-order valence-corrected chi connectivity index (χ0v) is 18.5. The van der Waals surface area contributed by atoms with E-state index in [1.54, 1.807) is 39.0 Å². The first-order valence-corrected chi connectivity index (χ1v) is 10.6. The summed E-state index contributed by atoms with van der Waals surface area (Å²) in [6, 6.07) is 14.6. The molecule has 1 amide bonds. The van der Waals surface area contributed by atoms with E-state index in [0.717, 1.165) is 10.9 Å². The maximum atomic E-state index is 12.6. The Labute approximate surface area is 186 Å². The number of carboxylic acids is 1. The maximum absolute atomic E-state index is 12.6. The molecule has 0 saturated heterocycles. The van der Waals surface area contributed by atoms with Gasteiger partial charge in [0, 0.05) is 29.4 Å². The number of Topliss-reactive ketones (excluding diaryl/α,β-unsaturated/α-hetero) is 1. The Morgan fingerprint density at radius 2 is 1.78 bits per heavy atom. The van der Waals surface area contributed by atoms with Crippen LogP contribution in [0.1, 0.15) is 59.2 Å². The molecule has 1 heterocycles. The van der Waals surface area contributed by atoms with Gasteiger partial charge in [0.15, 0.2) is 5.78 Å². The zero-order chi connectivity index (χ0) is 23.3. The van der Waals surface area contributed by atoms with Crippen molar-refractivity contribution in [2.75, 3.05) is 6.54 Å². The number of ether oxygens (including phenoxy) is 1. The molecule has 1 aromatic heterocycles. The van der Waals surface area contributed by atoms with Gasteiger partial charge in [-0.2, -0.15) is 0 Å². The molecule has 0 aliphatic heterocycles. The largest absolute Gasteiger partial charge is 0.477 e. The maximum Gasteiger partial charge on any atom is 0.407 e. The highest BCUT2D eigenvalue weighted by Gasteiger charge is 2.19. The number of carbonyl (C=O) groups is 3. The monoisotopic (exact) mass is 436 g/mol. The molecule has 0 radical (unpaired) electrons. The standard InChI is InChI=1S/C25H28N2O5/c1-25(2,3)32-24(31)26-13-7-10-18-19-14-16(11-12-20(19)27-22(18)23(29)30)15-21(28)17-8-5-4-6-9-17/h4-6,8-9,11-12,14,27H,7,10,13,15H2,1-3H3,(H,26,31)(H,29,30). The first kappa shape index (κ1) is 23.1. The first-order valence-electron chi connectivity index (χ1n) is 10.6. The molecule has 7 heteroatoms. The van der Waals surface area contributed by atoms with Crippen molar-refractivity contribution in [2.45, 2.75) is 45.6 Å². The van der Waals surface area contributed by atoms with E-state index in [1.807, 2.05) is 30.3 Å². The van der Waals surface area contributed by atoms with Crippen LogP contribution in [0.3, 0.4) is 0 Å². The fourth-order valence-corrected chi connectivity index (χ4v) is 3.53. The van der Waals surface area contributed by atoms with Gasteiger partial charge in [0.05, 0.1) is 0 Å². The van der Waals surface area contributed by atoms with Crippen LogP contribution in [0.5, 0.6) is 0 Å². The number of benzene rings is 2. The SMILES string of the molecule is CC(C)(C)OC(=O)NCCCc1c(C(=O)O)[nH]c2ccc(CC(=O)c3ccccc3)cc12. The van der Waals surface area contributed by atoms with Crippen LogP contribution in [-0.4, -0.2) is 40.1 Å². The number of rotatable bonds is 8. The molecule has 3 N–H and O–H groups in total. The van der Waals surface area contributed by atoms with Crippen LogP contribution in [0.15, 0.2) is 48.5 Å². The summed E-state index contributed by atoms with van der Waals surface area (Å²) in [5, 5.41) is 13.1. The van der Waals surface area contributed by atoms with Gasteiger partial charge in [0.25, 0.3) is 0 Å². The molecular weight excluding hydrogens is 408 g/mol. The van der Waals surface area contributed by atoms with Crippen molar-refractivity contribution < 1.29 is 24.2 Å². The predicted octanol–water partition coefficient (Wildman–Crippen LogP) is 4.75. The third-order valence-electron chi connectivity index (χ3n) is 4.92. The second-order valence-corrected chi connectivity index (χ2v) is 8.66. The second kappa shape index (κ2) is 9.68. The molecule has 0 bridgehead atoms. The van der Waals surface area contributed by atoms with Crippen LogP contribution in [0, 0.1) is 0 Å². The average Bonchev–Trinajstić information content (AvgIpc) is 3.09. The summed E-state index contributed by atoms with van der Waals surface area (Å²) >= 11 is 0. The molecule has 0 spiro atoms. The van der Waals surface area contributed by atoms with Crippen molar-refractivity contribution in [3.05, 3.63) is 70.9 Å². The van der Waals surface area contributed by atoms with Crippen LogP contribution < -0.4 is 5.32 Å². The van der Waals surface area contributed by atoms with Gasteiger partial charge < -0.3 is 20.1 Å². The Hall–Kier alpha value is -3.61. The Bertz CT molecular complexity index is 1130. The number of ketones is 1. The predicted molar refractivity (Wildman–Crippen MR) is 122 cm³/mol. The summed E-state index contributed by atoms with van der Waals surface area (Å²) in [5.41, 5.74) is 2.37. The number of carboxylic acid groups (broad SMARTS) is 1. The molecule has 0 atom stereocenters. The van der Waals surface area contributed by atoms with Gasteiger partial charge in [-0.05, 0) is 56.9 Å². The number of aromatic amines is 1. The molecule has 168 valence electrons. The van der Waals surface area contributed by atoms with Gasteiger partial charge in [-0.15, -0.1) is 0 Å². The van der Waals surface area contributed by atoms with Gasteiger partial charge in [0.2, 0.25) is 0 Å². The molecule has 0 saturated carbocycles. The highest BCUT2D eigenvalue weighted by atomic mass is 16.6. The molecule has 2 aromatic carbocycles. The van der Waals surface area contributed by atoms with E-state index >= 15 is 0 Å². The minimum absolute atomic E-state index is 0.00190. The van der Waals surface area contributed by atoms with Gasteiger partial charge in [-0.25, -0.2) is 9.59 Å². The molecule has 0 unspecified atom stereocenters. The van der Waals surface area contributed by atoms with E-state index < -0.39 is 17.7 Å². The lowest BCUT2D eigenvalue weighted by Crippen LogP contribution is -2.33. The van der Waals surface area contributed by atoms with Crippen molar-refractivity contribution in [1.29, 1.82) is 0 Å². The van der Waals surface area contributed by atoms with Crippen molar-refractivity contribution >= 4 is 28.7 Å². The second-order valence-electron chi connectivity index (χ2n) is 8.66. The quantitative estimate of drug-likeness (QED) is 0.349. The van der Waals surface area contributed by atoms with E-state index in [-0.39, 0.29) is 17.9 Å². The van der Waals surface area contributed by atoms with Crippen LogP contribution in [0.2, 0.25) is 0 Å².